The van der Waals surface area contributed by atoms with Crippen LogP contribution in [0.15, 0.2) is 76.4 Å². The second kappa shape index (κ2) is 9.94. The summed E-state index contributed by atoms with van der Waals surface area (Å²) in [6.07, 6.45) is -1.22. The first-order valence-electron chi connectivity index (χ1n) is 10.6. The van der Waals surface area contributed by atoms with Crippen LogP contribution < -0.4 is 15.7 Å². The van der Waals surface area contributed by atoms with Crippen molar-refractivity contribution < 1.29 is 27.7 Å². The number of benzene rings is 3. The molecular weight excluding hydrogens is 506 g/mol. The first-order chi connectivity index (χ1) is 17.5. The number of H-pyrrole nitrogens is 2. The van der Waals surface area contributed by atoms with Gasteiger partial charge in [-0.2, -0.15) is 0 Å². The molecule has 0 radical (unpaired) electrons. The zero-order valence-corrected chi connectivity index (χ0v) is 19.9. The van der Waals surface area contributed by atoms with Gasteiger partial charge in [0.1, 0.15) is 0 Å². The Labute approximate surface area is 208 Å². The maximum absolute atomic E-state index is 12.7. The monoisotopic (exact) mass is 525 g/mol. The lowest BCUT2D eigenvalue weighted by molar-refractivity contribution is -0.384. The fraction of sp³-hybridized carbons (Fsp3) is 0.0870. The third-order valence-corrected chi connectivity index (χ3v) is 6.53. The van der Waals surface area contributed by atoms with Crippen molar-refractivity contribution >= 4 is 50.0 Å². The minimum atomic E-state index is -3.99. The molecule has 1 atom stereocenters. The molecule has 4 rings (SSSR count). The topological polar surface area (TPSA) is 193 Å². The number of ether oxygens (including phenoxy) is 1. The molecule has 0 aliphatic carbocycles. The van der Waals surface area contributed by atoms with E-state index in [1.165, 1.54) is 73.7 Å². The fourth-order valence-corrected chi connectivity index (χ4v) is 4.37. The molecule has 0 saturated carbocycles. The Kier molecular flexibility index (Phi) is 6.75. The molecule has 190 valence electrons. The van der Waals surface area contributed by atoms with Crippen molar-refractivity contribution in [3.05, 3.63) is 92.9 Å². The number of rotatable bonds is 8. The molecule has 4 N–H and O–H groups in total. The van der Waals surface area contributed by atoms with Gasteiger partial charge in [-0.05, 0) is 55.5 Å². The number of aromatic nitrogens is 2. The first kappa shape index (κ1) is 25.1. The van der Waals surface area contributed by atoms with Crippen LogP contribution in [0.25, 0.3) is 11.0 Å². The van der Waals surface area contributed by atoms with Crippen molar-refractivity contribution in [1.29, 1.82) is 0 Å². The number of anilines is 2. The molecule has 1 amide bonds. The molecule has 37 heavy (non-hydrogen) atoms. The van der Waals surface area contributed by atoms with Crippen LogP contribution in [-0.2, 0) is 19.6 Å². The van der Waals surface area contributed by atoms with Crippen LogP contribution in [0.4, 0.5) is 17.1 Å². The van der Waals surface area contributed by atoms with Gasteiger partial charge in [-0.3, -0.25) is 19.6 Å². The zero-order valence-electron chi connectivity index (χ0n) is 19.0. The molecular formula is C23H19N5O8S. The maximum atomic E-state index is 12.7. The number of esters is 1. The molecule has 14 heteroatoms. The summed E-state index contributed by atoms with van der Waals surface area (Å²) >= 11 is 0. The predicted octanol–water partition coefficient (Wildman–Crippen LogP) is 2.75. The molecule has 1 heterocycles. The average Bonchev–Trinajstić information content (AvgIpc) is 3.23. The van der Waals surface area contributed by atoms with E-state index in [4.69, 9.17) is 4.74 Å². The van der Waals surface area contributed by atoms with Gasteiger partial charge in [0, 0.05) is 23.5 Å². The molecule has 1 aromatic heterocycles. The number of imidazole rings is 1. The van der Waals surface area contributed by atoms with E-state index in [2.05, 4.69) is 20.0 Å². The van der Waals surface area contributed by atoms with Gasteiger partial charge in [-0.25, -0.2) is 18.0 Å². The molecule has 0 saturated heterocycles. The Balaban J connectivity index is 1.38. The lowest BCUT2D eigenvalue weighted by atomic mass is 10.2. The van der Waals surface area contributed by atoms with Gasteiger partial charge in [0.2, 0.25) is 0 Å². The van der Waals surface area contributed by atoms with E-state index < -0.39 is 38.6 Å². The third kappa shape index (κ3) is 5.82. The minimum Gasteiger partial charge on any atom is -0.449 e. The Bertz CT molecular complexity index is 1680. The van der Waals surface area contributed by atoms with Crippen molar-refractivity contribution in [2.24, 2.45) is 0 Å². The summed E-state index contributed by atoms with van der Waals surface area (Å²) in [6, 6.07) is 14.7. The first-order valence-corrected chi connectivity index (χ1v) is 12.1. The molecule has 0 fully saturated rings. The Morgan fingerprint density at radius 2 is 1.68 bits per heavy atom. The minimum absolute atomic E-state index is 0.0595. The predicted molar refractivity (Wildman–Crippen MR) is 133 cm³/mol. The second-order valence-corrected chi connectivity index (χ2v) is 9.50. The lowest BCUT2D eigenvalue weighted by Crippen LogP contribution is -2.30. The summed E-state index contributed by atoms with van der Waals surface area (Å²) < 4.78 is 32.9. The standard InChI is InChI=1S/C23H19N5O8S/c1-13(21(29)24-16-3-2-4-17(11-16)28(32)33)36-22(30)14-5-7-15(8-6-14)27-37(34,35)18-9-10-19-20(12-18)26-23(31)25-19/h2-13,27H,1H3,(H,24,29)(H2,25,26,31). The molecule has 0 bridgehead atoms. The van der Waals surface area contributed by atoms with Crippen LogP contribution in [0.2, 0.25) is 0 Å². The molecule has 13 nitrogen and oxygen atoms in total. The number of non-ortho nitro benzene ring substituents is 1. The van der Waals surface area contributed by atoms with Gasteiger partial charge in [0.15, 0.2) is 6.10 Å². The van der Waals surface area contributed by atoms with Crippen molar-refractivity contribution in [3.8, 4) is 0 Å². The number of amides is 1. The van der Waals surface area contributed by atoms with Crippen LogP contribution in [0.3, 0.4) is 0 Å². The summed E-state index contributed by atoms with van der Waals surface area (Å²) in [5, 5.41) is 13.3. The van der Waals surface area contributed by atoms with Crippen molar-refractivity contribution in [1.82, 2.24) is 9.97 Å². The fourth-order valence-electron chi connectivity index (χ4n) is 3.29. The van der Waals surface area contributed by atoms with Gasteiger partial charge in [0.25, 0.3) is 21.6 Å². The van der Waals surface area contributed by atoms with Crippen molar-refractivity contribution in [2.45, 2.75) is 17.9 Å². The Morgan fingerprint density at radius 1 is 0.973 bits per heavy atom. The number of nitro benzene ring substituents is 1. The van der Waals surface area contributed by atoms with E-state index in [1.807, 2.05) is 0 Å². The highest BCUT2D eigenvalue weighted by Gasteiger charge is 2.21. The highest BCUT2D eigenvalue weighted by atomic mass is 32.2. The van der Waals surface area contributed by atoms with E-state index in [0.29, 0.717) is 11.0 Å². The molecule has 4 aromatic rings. The number of carbonyl (C=O) groups excluding carboxylic acids is 2. The van der Waals surface area contributed by atoms with Crippen LogP contribution >= 0.6 is 0 Å². The van der Waals surface area contributed by atoms with Crippen LogP contribution in [-0.4, -0.2) is 41.3 Å². The summed E-state index contributed by atoms with van der Waals surface area (Å²) in [7, 11) is -3.99. The zero-order chi connectivity index (χ0) is 26.7. The normalized spacial score (nSPS) is 12.0. The van der Waals surface area contributed by atoms with Gasteiger partial charge in [0.05, 0.1) is 26.4 Å². The summed E-state index contributed by atoms with van der Waals surface area (Å²) in [4.78, 5) is 51.4. The smallest absolute Gasteiger partial charge is 0.338 e. The summed E-state index contributed by atoms with van der Waals surface area (Å²) in [5.41, 5.74) is 0.504. The molecule has 0 spiro atoms. The highest BCUT2D eigenvalue weighted by Crippen LogP contribution is 2.20. The summed E-state index contributed by atoms with van der Waals surface area (Å²) in [5.74, 6) is -1.53. The number of sulfonamides is 1. The van der Waals surface area contributed by atoms with Gasteiger partial charge in [-0.15, -0.1) is 0 Å². The Morgan fingerprint density at radius 3 is 2.38 bits per heavy atom. The quantitative estimate of drug-likeness (QED) is 0.153. The number of aromatic amines is 2. The molecule has 0 aliphatic heterocycles. The van der Waals surface area contributed by atoms with Crippen LogP contribution in [0, 0.1) is 10.1 Å². The lowest BCUT2D eigenvalue weighted by Gasteiger charge is -2.14. The average molecular weight is 525 g/mol. The number of hydrogen-bond donors (Lipinski definition) is 4. The molecule has 0 aliphatic rings. The number of carbonyl (C=O) groups is 2. The number of nitro groups is 1. The van der Waals surface area contributed by atoms with E-state index in [-0.39, 0.29) is 27.5 Å². The second-order valence-electron chi connectivity index (χ2n) is 7.81. The third-order valence-electron chi connectivity index (χ3n) is 5.15. The van der Waals surface area contributed by atoms with Crippen LogP contribution in [0.1, 0.15) is 17.3 Å². The van der Waals surface area contributed by atoms with Crippen molar-refractivity contribution in [2.75, 3.05) is 10.0 Å². The van der Waals surface area contributed by atoms with Crippen molar-refractivity contribution in [3.63, 3.8) is 0 Å². The Hall–Kier alpha value is -4.98. The SMILES string of the molecule is CC(OC(=O)c1ccc(NS(=O)(=O)c2ccc3[nH]c(=O)[nH]c3c2)cc1)C(=O)Nc1cccc([N+](=O)[O-])c1. The molecule has 3 aromatic carbocycles. The van der Waals surface area contributed by atoms with Gasteiger partial charge in [-0.1, -0.05) is 6.07 Å². The van der Waals surface area contributed by atoms with E-state index in [9.17, 15) is 32.9 Å². The number of nitrogens with one attached hydrogen (secondary N) is 4. The van der Waals surface area contributed by atoms with Crippen LogP contribution in [0.5, 0.6) is 0 Å². The number of hydrogen-bond acceptors (Lipinski definition) is 8. The van der Waals surface area contributed by atoms with Gasteiger partial charge >= 0.3 is 11.7 Å². The maximum Gasteiger partial charge on any atom is 0.338 e. The molecule has 1 unspecified atom stereocenters. The van der Waals surface area contributed by atoms with E-state index >= 15 is 0 Å². The van der Waals surface area contributed by atoms with Gasteiger partial charge < -0.3 is 20.0 Å². The number of nitrogens with zero attached hydrogens (tertiary/aromatic N) is 1. The number of fused-ring (bicyclic) bond motifs is 1. The highest BCUT2D eigenvalue weighted by molar-refractivity contribution is 7.92. The largest absolute Gasteiger partial charge is 0.449 e. The van der Waals surface area contributed by atoms with E-state index in [0.717, 1.165) is 0 Å². The van der Waals surface area contributed by atoms with E-state index in [1.54, 1.807) is 0 Å². The summed E-state index contributed by atoms with van der Waals surface area (Å²) in [6.45, 7) is 1.33.